The lowest BCUT2D eigenvalue weighted by Gasteiger charge is -2.08. The molecule has 14 nitrogen and oxygen atoms in total. The molecule has 0 aliphatic heterocycles. The van der Waals surface area contributed by atoms with Gasteiger partial charge in [-0.25, -0.2) is 4.79 Å². The molecule has 0 fully saturated rings. The van der Waals surface area contributed by atoms with Crippen molar-refractivity contribution in [1.29, 1.82) is 0 Å². The minimum atomic E-state index is -3.67. The minimum absolute atomic E-state index is 0.125. The maximum absolute atomic E-state index is 12.1. The second kappa shape index (κ2) is 13.0. The summed E-state index contributed by atoms with van der Waals surface area (Å²) in [6.07, 6.45) is 3.69. The van der Waals surface area contributed by atoms with Crippen molar-refractivity contribution in [2.24, 2.45) is 43.3 Å². The van der Waals surface area contributed by atoms with Crippen LogP contribution in [0.5, 0.6) is 0 Å². The van der Waals surface area contributed by atoms with E-state index >= 15 is 0 Å². The summed E-state index contributed by atoms with van der Waals surface area (Å²) in [6.45, 7) is 0. The third-order valence-electron chi connectivity index (χ3n) is 3.10. The van der Waals surface area contributed by atoms with E-state index in [2.05, 4.69) is 31.0 Å². The molecule has 0 aliphatic carbocycles. The molecular formula is C18H24N10O4S. The van der Waals surface area contributed by atoms with Crippen LogP contribution in [0.4, 0.5) is 16.2 Å². The molecule has 0 saturated carbocycles. The van der Waals surface area contributed by atoms with Gasteiger partial charge >= 0.3 is 6.03 Å². The van der Waals surface area contributed by atoms with E-state index in [-0.39, 0.29) is 18.0 Å². The van der Waals surface area contributed by atoms with Crippen molar-refractivity contribution in [3.8, 4) is 0 Å². The van der Waals surface area contributed by atoms with Gasteiger partial charge < -0.3 is 33.6 Å². The van der Waals surface area contributed by atoms with Crippen molar-refractivity contribution in [3.05, 3.63) is 59.7 Å². The van der Waals surface area contributed by atoms with Gasteiger partial charge in [0.15, 0.2) is 0 Å². The Hall–Kier alpha value is -4.50. The molecule has 176 valence electrons. The number of nitrogens with zero attached hydrogens (tertiary/aromatic N) is 4. The zero-order valence-corrected chi connectivity index (χ0v) is 18.3. The average molecular weight is 477 g/mol. The van der Waals surface area contributed by atoms with Gasteiger partial charge in [-0.2, -0.15) is 18.6 Å². The van der Waals surface area contributed by atoms with Crippen LogP contribution in [-0.4, -0.2) is 49.6 Å². The SMILES string of the molecule is CS(=O)(=O)O.NC(N)=N/N=C\c1ccc(NC(=O)Nc2ccc(/C=N/N=C(N)N)cc2)cc1. The molecule has 0 heterocycles. The van der Waals surface area contributed by atoms with Crippen LogP contribution in [-0.2, 0) is 10.1 Å². The molecule has 0 atom stereocenters. The highest BCUT2D eigenvalue weighted by Crippen LogP contribution is 2.11. The van der Waals surface area contributed by atoms with E-state index in [0.717, 1.165) is 11.1 Å². The van der Waals surface area contributed by atoms with E-state index < -0.39 is 10.1 Å². The first-order valence-corrected chi connectivity index (χ1v) is 10.7. The molecular weight excluding hydrogens is 452 g/mol. The molecule has 0 saturated heterocycles. The quantitative estimate of drug-likeness (QED) is 0.129. The molecule has 2 amide bonds. The minimum Gasteiger partial charge on any atom is -0.369 e. The van der Waals surface area contributed by atoms with Crippen LogP contribution < -0.4 is 33.6 Å². The van der Waals surface area contributed by atoms with E-state index in [1.807, 2.05) is 0 Å². The predicted octanol–water partition coefficient (Wildman–Crippen LogP) is 0.0492. The number of rotatable bonds is 6. The number of urea groups is 1. The number of carbonyl (C=O) groups excluding carboxylic acids is 1. The average Bonchev–Trinajstić information content (AvgIpc) is 2.69. The summed E-state index contributed by atoms with van der Waals surface area (Å²) in [4.78, 5) is 12.1. The Bertz CT molecular complexity index is 1050. The van der Waals surface area contributed by atoms with Crippen LogP contribution in [0.3, 0.4) is 0 Å². The molecule has 0 bridgehead atoms. The summed E-state index contributed by atoms with van der Waals surface area (Å²) in [6, 6.07) is 13.5. The summed E-state index contributed by atoms with van der Waals surface area (Å²) >= 11 is 0. The first-order valence-electron chi connectivity index (χ1n) is 8.87. The number of nitrogens with two attached hydrogens (primary N) is 4. The van der Waals surface area contributed by atoms with Crippen LogP contribution >= 0.6 is 0 Å². The number of hydrogen-bond acceptors (Lipinski definition) is 7. The Balaban J connectivity index is 0.000000981. The van der Waals surface area contributed by atoms with Gasteiger partial charge in [0.05, 0.1) is 18.7 Å². The fourth-order valence-electron chi connectivity index (χ4n) is 1.92. The third kappa shape index (κ3) is 14.2. The summed E-state index contributed by atoms with van der Waals surface area (Å²) in [7, 11) is -3.67. The summed E-state index contributed by atoms with van der Waals surface area (Å²) < 4.78 is 25.9. The van der Waals surface area contributed by atoms with Crippen molar-refractivity contribution in [3.63, 3.8) is 0 Å². The van der Waals surface area contributed by atoms with Crippen molar-refractivity contribution < 1.29 is 17.8 Å². The molecule has 0 aromatic heterocycles. The molecule has 0 aliphatic rings. The van der Waals surface area contributed by atoms with Crippen LogP contribution in [0.2, 0.25) is 0 Å². The number of guanidine groups is 2. The first kappa shape index (κ1) is 26.5. The number of carbonyl (C=O) groups is 1. The number of hydrogen-bond donors (Lipinski definition) is 7. The van der Waals surface area contributed by atoms with E-state index in [1.165, 1.54) is 12.4 Å². The highest BCUT2D eigenvalue weighted by molar-refractivity contribution is 7.85. The number of nitrogens with one attached hydrogen (secondary N) is 2. The van der Waals surface area contributed by atoms with E-state index in [4.69, 9.17) is 27.5 Å². The van der Waals surface area contributed by atoms with Crippen LogP contribution in [0.25, 0.3) is 0 Å². The van der Waals surface area contributed by atoms with E-state index in [9.17, 15) is 13.2 Å². The topological polar surface area (TPSA) is 249 Å². The molecule has 2 rings (SSSR count). The number of amides is 2. The molecule has 15 heteroatoms. The lowest BCUT2D eigenvalue weighted by atomic mass is 10.2. The maximum atomic E-state index is 12.1. The molecule has 0 spiro atoms. The van der Waals surface area contributed by atoms with Gasteiger partial charge in [0.2, 0.25) is 11.9 Å². The number of benzene rings is 2. The Labute approximate surface area is 189 Å². The van der Waals surface area contributed by atoms with E-state index in [0.29, 0.717) is 17.6 Å². The highest BCUT2D eigenvalue weighted by Gasteiger charge is 2.02. The summed E-state index contributed by atoms with van der Waals surface area (Å²) in [5.74, 6) is -0.249. The Morgan fingerprint density at radius 3 is 1.36 bits per heavy atom. The molecule has 11 N–H and O–H groups in total. The van der Waals surface area contributed by atoms with Crippen molar-refractivity contribution in [2.45, 2.75) is 0 Å². The second-order valence-electron chi connectivity index (χ2n) is 6.10. The predicted molar refractivity (Wildman–Crippen MR) is 130 cm³/mol. The lowest BCUT2D eigenvalue weighted by Crippen LogP contribution is -2.21. The standard InChI is InChI=1S/C17H20N10O.CH4O3S/c18-15(19)26-22-9-11-1-5-13(6-2-11)24-17(28)25-14-7-3-12(4-8-14)10-23-27-16(20)21;1-5(2,3)4/h1-10H,(H4,18,19,26)(H4,20,21,27)(H2,24,25,28);1H3,(H,2,3,4)/b22-9-,23-10+;. The molecule has 0 radical (unpaired) electrons. The van der Waals surface area contributed by atoms with Gasteiger partial charge in [0, 0.05) is 11.4 Å². The highest BCUT2D eigenvalue weighted by atomic mass is 32.2. The Morgan fingerprint density at radius 1 is 0.788 bits per heavy atom. The van der Waals surface area contributed by atoms with Crippen molar-refractivity contribution in [1.82, 2.24) is 0 Å². The third-order valence-corrected chi connectivity index (χ3v) is 3.10. The molecule has 2 aromatic rings. The van der Waals surface area contributed by atoms with Gasteiger partial charge in [-0.05, 0) is 35.4 Å². The second-order valence-corrected chi connectivity index (χ2v) is 7.56. The van der Waals surface area contributed by atoms with Crippen LogP contribution in [0, 0.1) is 0 Å². The van der Waals surface area contributed by atoms with Gasteiger partial charge in [-0.1, -0.05) is 24.3 Å². The van der Waals surface area contributed by atoms with Crippen LogP contribution in [0.1, 0.15) is 11.1 Å². The summed E-state index contributed by atoms with van der Waals surface area (Å²) in [5.41, 5.74) is 23.5. The molecule has 0 unspecified atom stereocenters. The van der Waals surface area contributed by atoms with Crippen LogP contribution in [0.15, 0.2) is 68.9 Å². The molecule has 33 heavy (non-hydrogen) atoms. The Kier molecular flexibility index (Phi) is 10.5. The number of anilines is 2. The summed E-state index contributed by atoms with van der Waals surface area (Å²) in [5, 5.41) is 19.9. The monoisotopic (exact) mass is 476 g/mol. The van der Waals surface area contributed by atoms with Gasteiger partial charge in [-0.15, -0.1) is 10.2 Å². The fraction of sp³-hybridized carbons (Fsp3) is 0.0556. The smallest absolute Gasteiger partial charge is 0.323 e. The molecule has 2 aromatic carbocycles. The largest absolute Gasteiger partial charge is 0.369 e. The normalized spacial score (nSPS) is 10.7. The zero-order chi connectivity index (χ0) is 24.9. The van der Waals surface area contributed by atoms with Gasteiger partial charge in [-0.3, -0.25) is 4.55 Å². The zero-order valence-electron chi connectivity index (χ0n) is 17.5. The van der Waals surface area contributed by atoms with Gasteiger partial charge in [0.1, 0.15) is 0 Å². The Morgan fingerprint density at radius 2 is 1.09 bits per heavy atom. The maximum Gasteiger partial charge on any atom is 0.323 e. The fourth-order valence-corrected chi connectivity index (χ4v) is 1.92. The lowest BCUT2D eigenvalue weighted by molar-refractivity contribution is 0.262. The first-order chi connectivity index (χ1) is 15.4. The van der Waals surface area contributed by atoms with Crippen molar-refractivity contribution in [2.75, 3.05) is 16.9 Å². The van der Waals surface area contributed by atoms with Gasteiger partial charge in [0.25, 0.3) is 10.1 Å². The van der Waals surface area contributed by atoms with Crippen molar-refractivity contribution >= 4 is 51.9 Å². The van der Waals surface area contributed by atoms with E-state index in [1.54, 1.807) is 48.5 Å².